The van der Waals surface area contributed by atoms with Crippen molar-refractivity contribution in [3.63, 3.8) is 0 Å². The van der Waals surface area contributed by atoms with E-state index >= 15 is 0 Å². The van der Waals surface area contributed by atoms with Crippen molar-refractivity contribution in [1.29, 1.82) is 0 Å². The minimum absolute atomic E-state index is 0.0191. The maximum absolute atomic E-state index is 12.8. The number of ether oxygens (including phenoxy) is 1. The molecule has 1 aromatic heterocycles. The molecule has 0 aliphatic carbocycles. The number of nitrogens with zero attached hydrogens (tertiary/aromatic N) is 2. The van der Waals surface area contributed by atoms with Crippen molar-refractivity contribution in [2.45, 2.75) is 6.18 Å². The van der Waals surface area contributed by atoms with Crippen LogP contribution in [0.2, 0.25) is 0 Å². The molecular formula is C21H17F3N4O3. The lowest BCUT2D eigenvalue weighted by Crippen LogP contribution is -2.47. The molecule has 0 saturated heterocycles. The predicted molar refractivity (Wildman–Crippen MR) is 107 cm³/mol. The zero-order valence-electron chi connectivity index (χ0n) is 16.0. The summed E-state index contributed by atoms with van der Waals surface area (Å²) in [7, 11) is 0. The summed E-state index contributed by atoms with van der Waals surface area (Å²) in [5.41, 5.74) is 5.74. The van der Waals surface area contributed by atoms with Gasteiger partial charge in [-0.05, 0) is 30.3 Å². The highest BCUT2D eigenvalue weighted by atomic mass is 19.4. The van der Waals surface area contributed by atoms with Gasteiger partial charge in [0.15, 0.2) is 6.61 Å². The van der Waals surface area contributed by atoms with Gasteiger partial charge in [0.25, 0.3) is 5.91 Å². The van der Waals surface area contributed by atoms with Crippen LogP contribution in [0.25, 0.3) is 0 Å². The first-order chi connectivity index (χ1) is 14.8. The second-order valence-corrected chi connectivity index (χ2v) is 6.18. The van der Waals surface area contributed by atoms with Crippen molar-refractivity contribution in [3.8, 4) is 5.88 Å². The summed E-state index contributed by atoms with van der Waals surface area (Å²) < 4.78 is 41.0. The van der Waals surface area contributed by atoms with Crippen LogP contribution in [0.5, 0.6) is 5.88 Å². The molecule has 1 heterocycles. The Bertz CT molecular complexity index is 974. The molecule has 7 nitrogen and oxygen atoms in total. The number of anilines is 2. The third kappa shape index (κ3) is 6.20. The van der Waals surface area contributed by atoms with Crippen molar-refractivity contribution < 1.29 is 27.5 Å². The fourth-order valence-electron chi connectivity index (χ4n) is 2.53. The highest BCUT2D eigenvalue weighted by Crippen LogP contribution is 2.24. The van der Waals surface area contributed by atoms with E-state index in [1.807, 2.05) is 0 Å². The fraction of sp³-hybridized carbons (Fsp3) is 0.0952. The van der Waals surface area contributed by atoms with Gasteiger partial charge in [0.2, 0.25) is 5.88 Å². The number of halogens is 3. The Balaban J connectivity index is 1.65. The van der Waals surface area contributed by atoms with Crippen molar-refractivity contribution in [2.75, 3.05) is 11.5 Å². The monoisotopic (exact) mass is 430 g/mol. The number of para-hydroxylation sites is 2. The molecule has 31 heavy (non-hydrogen) atoms. The Morgan fingerprint density at radius 1 is 0.871 bits per heavy atom. The number of alkyl halides is 3. The number of rotatable bonds is 5. The summed E-state index contributed by atoms with van der Waals surface area (Å²) >= 11 is 0. The van der Waals surface area contributed by atoms with Crippen LogP contribution in [0.4, 0.5) is 29.3 Å². The second kappa shape index (κ2) is 9.61. The third-order valence-corrected chi connectivity index (χ3v) is 3.90. The fourth-order valence-corrected chi connectivity index (χ4v) is 2.53. The van der Waals surface area contributed by atoms with E-state index in [-0.39, 0.29) is 11.4 Å². The summed E-state index contributed by atoms with van der Waals surface area (Å²) in [4.78, 5) is 30.1. The minimum Gasteiger partial charge on any atom is -0.468 e. The molecule has 2 aromatic carbocycles. The van der Waals surface area contributed by atoms with Crippen molar-refractivity contribution in [3.05, 3.63) is 84.6 Å². The number of aromatic nitrogens is 1. The average Bonchev–Trinajstić information content (AvgIpc) is 2.77. The van der Waals surface area contributed by atoms with Gasteiger partial charge in [0, 0.05) is 12.3 Å². The van der Waals surface area contributed by atoms with Crippen molar-refractivity contribution >= 4 is 23.3 Å². The molecule has 3 aromatic rings. The number of carbonyl (C=O) groups excluding carboxylic acids is 2. The number of hydrogen-bond donors (Lipinski definition) is 2. The standard InChI is InChI=1S/C21H17F3N4O3/c22-21(23,24)14-31-18-12-11-15(13-25-18)19(29)26-27-20(30)28(16-7-3-1-4-8-16)17-9-5-2-6-10-17/h1-13H,14H2,(H,26,29)(H,27,30). The van der Waals surface area contributed by atoms with E-state index in [0.717, 1.165) is 12.3 Å². The molecule has 3 amide bonds. The number of hydrazine groups is 1. The van der Waals surface area contributed by atoms with Crippen LogP contribution >= 0.6 is 0 Å². The highest BCUT2D eigenvalue weighted by Gasteiger charge is 2.28. The SMILES string of the molecule is O=C(NNC(=O)N(c1ccccc1)c1ccccc1)c1ccc(OCC(F)(F)F)nc1. The van der Waals surface area contributed by atoms with Crippen molar-refractivity contribution in [1.82, 2.24) is 15.8 Å². The van der Waals surface area contributed by atoms with E-state index in [1.54, 1.807) is 60.7 Å². The summed E-state index contributed by atoms with van der Waals surface area (Å²) in [5, 5.41) is 0. The number of amides is 3. The van der Waals surface area contributed by atoms with Gasteiger partial charge in [-0.25, -0.2) is 15.2 Å². The summed E-state index contributed by atoms with van der Waals surface area (Å²) in [6.07, 6.45) is -3.45. The summed E-state index contributed by atoms with van der Waals surface area (Å²) in [5.74, 6) is -0.985. The quantitative estimate of drug-likeness (QED) is 0.594. The summed E-state index contributed by atoms with van der Waals surface area (Å²) in [6.45, 7) is -1.49. The van der Waals surface area contributed by atoms with Gasteiger partial charge < -0.3 is 4.74 Å². The molecule has 0 saturated carbocycles. The Morgan fingerprint density at radius 3 is 1.94 bits per heavy atom. The van der Waals surface area contributed by atoms with Crippen LogP contribution in [0.3, 0.4) is 0 Å². The second-order valence-electron chi connectivity index (χ2n) is 6.18. The van der Waals surface area contributed by atoms with Crippen molar-refractivity contribution in [2.24, 2.45) is 0 Å². The molecule has 10 heteroatoms. The molecular weight excluding hydrogens is 413 g/mol. The Morgan fingerprint density at radius 2 is 1.45 bits per heavy atom. The molecule has 0 bridgehead atoms. The van der Waals surface area contributed by atoms with Crippen LogP contribution in [0, 0.1) is 0 Å². The first-order valence-electron chi connectivity index (χ1n) is 8.99. The zero-order valence-corrected chi connectivity index (χ0v) is 16.0. The first kappa shape index (κ1) is 21.6. The van der Waals surface area contributed by atoms with Crippen LogP contribution in [0.15, 0.2) is 79.0 Å². The predicted octanol–water partition coefficient (Wildman–Crippen LogP) is 4.22. The van der Waals surface area contributed by atoms with E-state index in [1.165, 1.54) is 11.0 Å². The molecule has 160 valence electrons. The number of nitrogens with one attached hydrogen (secondary N) is 2. The largest absolute Gasteiger partial charge is 0.468 e. The first-order valence-corrected chi connectivity index (χ1v) is 8.99. The molecule has 0 unspecified atom stereocenters. The lowest BCUT2D eigenvalue weighted by molar-refractivity contribution is -0.154. The van der Waals surface area contributed by atoms with Crippen LogP contribution in [-0.2, 0) is 0 Å². The van der Waals surface area contributed by atoms with Gasteiger partial charge in [-0.15, -0.1) is 0 Å². The normalized spacial score (nSPS) is 10.8. The lowest BCUT2D eigenvalue weighted by Gasteiger charge is -2.23. The van der Waals surface area contributed by atoms with E-state index in [9.17, 15) is 22.8 Å². The molecule has 0 aliphatic rings. The highest BCUT2D eigenvalue weighted by molar-refractivity contribution is 6.01. The maximum Gasteiger partial charge on any atom is 0.422 e. The Kier molecular flexibility index (Phi) is 6.71. The molecule has 2 N–H and O–H groups in total. The van der Waals surface area contributed by atoms with E-state index in [4.69, 9.17) is 0 Å². The minimum atomic E-state index is -4.49. The van der Waals surface area contributed by atoms with Crippen LogP contribution < -0.4 is 20.5 Å². The number of pyridine rings is 1. The van der Waals surface area contributed by atoms with Gasteiger partial charge in [0.05, 0.1) is 16.9 Å². The third-order valence-electron chi connectivity index (χ3n) is 3.90. The van der Waals surface area contributed by atoms with Gasteiger partial charge >= 0.3 is 12.2 Å². The van der Waals surface area contributed by atoms with Crippen LogP contribution in [-0.4, -0.2) is 29.7 Å². The van der Waals surface area contributed by atoms with E-state index < -0.39 is 24.7 Å². The van der Waals surface area contributed by atoms with E-state index in [2.05, 4.69) is 20.6 Å². The molecule has 0 atom stereocenters. The Hall–Kier alpha value is -4.08. The molecule has 3 rings (SSSR count). The van der Waals surface area contributed by atoms with Gasteiger partial charge in [-0.3, -0.25) is 15.1 Å². The number of carbonyl (C=O) groups is 2. The number of hydrogen-bond acceptors (Lipinski definition) is 4. The van der Waals surface area contributed by atoms with Gasteiger partial charge in [0.1, 0.15) is 0 Å². The molecule has 0 aliphatic heterocycles. The van der Waals surface area contributed by atoms with E-state index in [0.29, 0.717) is 11.4 Å². The maximum atomic E-state index is 12.8. The topological polar surface area (TPSA) is 83.6 Å². The summed E-state index contributed by atoms with van der Waals surface area (Å²) in [6, 6.07) is 19.4. The van der Waals surface area contributed by atoms with Crippen LogP contribution in [0.1, 0.15) is 10.4 Å². The van der Waals surface area contributed by atoms with Gasteiger partial charge in [-0.2, -0.15) is 13.2 Å². The molecule has 0 spiro atoms. The Labute approximate surface area is 175 Å². The zero-order chi connectivity index (χ0) is 22.3. The average molecular weight is 430 g/mol. The molecule has 0 fully saturated rings. The molecule has 0 radical (unpaired) electrons. The number of urea groups is 1. The lowest BCUT2D eigenvalue weighted by atomic mass is 10.2. The number of benzene rings is 2. The van der Waals surface area contributed by atoms with Gasteiger partial charge in [-0.1, -0.05) is 36.4 Å². The smallest absolute Gasteiger partial charge is 0.422 e.